The Morgan fingerprint density at radius 2 is 1.88 bits per heavy atom. The zero-order valence-corrected chi connectivity index (χ0v) is 10.7. The van der Waals surface area contributed by atoms with Crippen molar-refractivity contribution >= 4 is 11.7 Å². The van der Waals surface area contributed by atoms with E-state index in [4.69, 9.17) is 4.74 Å². The lowest BCUT2D eigenvalue weighted by molar-refractivity contribution is 0.0600. The fourth-order valence-electron chi connectivity index (χ4n) is 2.32. The van der Waals surface area contributed by atoms with Crippen molar-refractivity contribution in [3.8, 4) is 0 Å². The maximum absolute atomic E-state index is 11.7. The van der Waals surface area contributed by atoms with Gasteiger partial charge in [-0.2, -0.15) is 0 Å². The van der Waals surface area contributed by atoms with E-state index in [9.17, 15) is 4.79 Å². The molecule has 1 aliphatic rings. The molecule has 17 heavy (non-hydrogen) atoms. The lowest BCUT2D eigenvalue weighted by atomic mass is 10.0. The number of anilines is 1. The van der Waals surface area contributed by atoms with Gasteiger partial charge in [-0.25, -0.2) is 4.79 Å². The van der Waals surface area contributed by atoms with E-state index in [0.29, 0.717) is 5.56 Å². The van der Waals surface area contributed by atoms with Gasteiger partial charge in [-0.05, 0) is 49.9 Å². The minimum atomic E-state index is -0.244. The van der Waals surface area contributed by atoms with Crippen LogP contribution in [-0.2, 0) is 4.74 Å². The Balaban J connectivity index is 2.41. The van der Waals surface area contributed by atoms with Crippen LogP contribution in [0.4, 0.5) is 5.69 Å². The Bertz CT molecular complexity index is 434. The standard InChI is InChI=1S/C14H19NO2/c1-10-8-12(15-6-4-5-7-15)9-13(11(10)2)14(16)17-3/h8-9H,4-7H2,1-3H3. The molecule has 0 N–H and O–H groups in total. The van der Waals surface area contributed by atoms with Crippen molar-refractivity contribution in [1.82, 2.24) is 0 Å². The van der Waals surface area contributed by atoms with E-state index in [-0.39, 0.29) is 5.97 Å². The van der Waals surface area contributed by atoms with Crippen molar-refractivity contribution in [3.63, 3.8) is 0 Å². The zero-order valence-electron chi connectivity index (χ0n) is 10.7. The number of methoxy groups -OCH3 is 1. The van der Waals surface area contributed by atoms with Gasteiger partial charge in [0.15, 0.2) is 0 Å². The molecule has 0 atom stereocenters. The van der Waals surface area contributed by atoms with Crippen LogP contribution in [0.3, 0.4) is 0 Å². The highest BCUT2D eigenvalue weighted by Crippen LogP contribution is 2.26. The van der Waals surface area contributed by atoms with Crippen LogP contribution in [0, 0.1) is 13.8 Å². The first-order valence-electron chi connectivity index (χ1n) is 6.08. The average molecular weight is 233 g/mol. The second-order valence-electron chi connectivity index (χ2n) is 4.62. The van der Waals surface area contributed by atoms with Gasteiger partial charge in [0.1, 0.15) is 0 Å². The molecule has 0 unspecified atom stereocenters. The molecule has 0 bridgehead atoms. The molecule has 0 aliphatic carbocycles. The maximum Gasteiger partial charge on any atom is 0.338 e. The fourth-order valence-corrected chi connectivity index (χ4v) is 2.32. The van der Waals surface area contributed by atoms with Gasteiger partial charge >= 0.3 is 5.97 Å². The SMILES string of the molecule is COC(=O)c1cc(N2CCCC2)cc(C)c1C. The molecular formula is C14H19NO2. The van der Waals surface area contributed by atoms with Crippen LogP contribution < -0.4 is 4.90 Å². The summed E-state index contributed by atoms with van der Waals surface area (Å²) in [4.78, 5) is 14.0. The molecule has 1 heterocycles. The quantitative estimate of drug-likeness (QED) is 0.735. The first kappa shape index (κ1) is 12.0. The number of rotatable bonds is 2. The molecule has 3 nitrogen and oxygen atoms in total. The van der Waals surface area contributed by atoms with E-state index in [1.165, 1.54) is 20.0 Å². The molecule has 0 saturated carbocycles. The van der Waals surface area contributed by atoms with Crippen molar-refractivity contribution < 1.29 is 9.53 Å². The van der Waals surface area contributed by atoms with Gasteiger partial charge < -0.3 is 9.64 Å². The largest absolute Gasteiger partial charge is 0.465 e. The second-order valence-corrected chi connectivity index (χ2v) is 4.62. The van der Waals surface area contributed by atoms with Gasteiger partial charge in [0.2, 0.25) is 0 Å². The van der Waals surface area contributed by atoms with Crippen LogP contribution in [0.15, 0.2) is 12.1 Å². The van der Waals surface area contributed by atoms with E-state index >= 15 is 0 Å². The number of ether oxygens (including phenoxy) is 1. The monoisotopic (exact) mass is 233 g/mol. The molecule has 3 heteroatoms. The lowest BCUT2D eigenvalue weighted by Crippen LogP contribution is -2.19. The Hall–Kier alpha value is -1.51. The lowest BCUT2D eigenvalue weighted by Gasteiger charge is -2.20. The number of esters is 1. The number of aryl methyl sites for hydroxylation is 1. The summed E-state index contributed by atoms with van der Waals surface area (Å²) < 4.78 is 4.83. The summed E-state index contributed by atoms with van der Waals surface area (Å²) in [6.07, 6.45) is 2.47. The number of carbonyl (C=O) groups excluding carboxylic acids is 1. The van der Waals surface area contributed by atoms with E-state index in [0.717, 1.165) is 29.9 Å². The first-order chi connectivity index (χ1) is 8.13. The Morgan fingerprint density at radius 1 is 1.24 bits per heavy atom. The summed E-state index contributed by atoms with van der Waals surface area (Å²) in [5.74, 6) is -0.244. The van der Waals surface area contributed by atoms with Crippen LogP contribution in [0.2, 0.25) is 0 Å². The normalized spacial score (nSPS) is 15.1. The Labute approximate surface area is 102 Å². The number of carbonyl (C=O) groups is 1. The molecule has 0 radical (unpaired) electrons. The van der Waals surface area contributed by atoms with Crippen LogP contribution >= 0.6 is 0 Å². The van der Waals surface area contributed by atoms with E-state index in [1.54, 1.807) is 0 Å². The molecule has 0 aromatic heterocycles. The number of hydrogen-bond donors (Lipinski definition) is 0. The van der Waals surface area contributed by atoms with E-state index in [2.05, 4.69) is 11.0 Å². The summed E-state index contributed by atoms with van der Waals surface area (Å²) in [5, 5.41) is 0. The van der Waals surface area contributed by atoms with Crippen LogP contribution in [0.5, 0.6) is 0 Å². The molecule has 0 amide bonds. The average Bonchev–Trinajstić information content (AvgIpc) is 2.85. The van der Waals surface area contributed by atoms with Crippen molar-refractivity contribution in [2.24, 2.45) is 0 Å². The van der Waals surface area contributed by atoms with E-state index < -0.39 is 0 Å². The van der Waals surface area contributed by atoms with Gasteiger partial charge in [-0.1, -0.05) is 0 Å². The predicted octanol–water partition coefficient (Wildman–Crippen LogP) is 2.69. The van der Waals surface area contributed by atoms with Crippen LogP contribution in [0.1, 0.15) is 34.3 Å². The third-order valence-corrected chi connectivity index (χ3v) is 3.53. The maximum atomic E-state index is 11.7. The molecule has 1 aliphatic heterocycles. The number of nitrogens with zero attached hydrogens (tertiary/aromatic N) is 1. The smallest absolute Gasteiger partial charge is 0.338 e. The van der Waals surface area contributed by atoms with Crippen molar-refractivity contribution in [3.05, 3.63) is 28.8 Å². The molecule has 0 spiro atoms. The summed E-state index contributed by atoms with van der Waals surface area (Å²) in [6, 6.07) is 4.12. The van der Waals surface area contributed by atoms with Crippen LogP contribution in [0.25, 0.3) is 0 Å². The molecular weight excluding hydrogens is 214 g/mol. The highest BCUT2D eigenvalue weighted by Gasteiger charge is 2.17. The molecule has 92 valence electrons. The van der Waals surface area contributed by atoms with Gasteiger partial charge in [0.05, 0.1) is 12.7 Å². The Morgan fingerprint density at radius 3 is 2.47 bits per heavy atom. The number of hydrogen-bond acceptors (Lipinski definition) is 3. The summed E-state index contributed by atoms with van der Waals surface area (Å²) in [7, 11) is 1.43. The topological polar surface area (TPSA) is 29.5 Å². The molecule has 1 saturated heterocycles. The summed E-state index contributed by atoms with van der Waals surface area (Å²) in [6.45, 7) is 6.18. The fraction of sp³-hybridized carbons (Fsp3) is 0.500. The van der Waals surface area contributed by atoms with Crippen molar-refractivity contribution in [1.29, 1.82) is 0 Å². The Kier molecular flexibility index (Phi) is 3.36. The first-order valence-corrected chi connectivity index (χ1v) is 6.08. The summed E-state index contributed by atoms with van der Waals surface area (Å²) >= 11 is 0. The molecule has 2 rings (SSSR count). The van der Waals surface area contributed by atoms with Gasteiger partial charge in [-0.15, -0.1) is 0 Å². The molecule has 1 aromatic carbocycles. The van der Waals surface area contributed by atoms with E-state index in [1.807, 2.05) is 19.9 Å². The highest BCUT2D eigenvalue weighted by atomic mass is 16.5. The minimum absolute atomic E-state index is 0.244. The summed E-state index contributed by atoms with van der Waals surface area (Å²) in [5.41, 5.74) is 4.00. The van der Waals surface area contributed by atoms with Gasteiger partial charge in [-0.3, -0.25) is 0 Å². The van der Waals surface area contributed by atoms with Gasteiger partial charge in [0, 0.05) is 18.8 Å². The predicted molar refractivity (Wildman–Crippen MR) is 68.7 cm³/mol. The minimum Gasteiger partial charge on any atom is -0.465 e. The van der Waals surface area contributed by atoms with Gasteiger partial charge in [0.25, 0.3) is 0 Å². The highest BCUT2D eigenvalue weighted by molar-refractivity contribution is 5.92. The second kappa shape index (κ2) is 4.78. The van der Waals surface area contributed by atoms with Crippen molar-refractivity contribution in [2.75, 3.05) is 25.1 Å². The van der Waals surface area contributed by atoms with Crippen molar-refractivity contribution in [2.45, 2.75) is 26.7 Å². The molecule has 1 aromatic rings. The zero-order chi connectivity index (χ0) is 12.4. The number of benzene rings is 1. The third kappa shape index (κ3) is 2.28. The molecule has 1 fully saturated rings. The third-order valence-electron chi connectivity index (χ3n) is 3.53. The van der Waals surface area contributed by atoms with Crippen LogP contribution in [-0.4, -0.2) is 26.2 Å².